The van der Waals surface area contributed by atoms with E-state index in [-0.39, 0.29) is 30.3 Å². The van der Waals surface area contributed by atoms with Crippen molar-refractivity contribution in [3.63, 3.8) is 0 Å². The van der Waals surface area contributed by atoms with Crippen LogP contribution >= 0.6 is 12.4 Å². The van der Waals surface area contributed by atoms with Crippen LogP contribution in [0, 0.1) is 6.92 Å². The third-order valence-corrected chi connectivity index (χ3v) is 4.83. The van der Waals surface area contributed by atoms with Crippen LogP contribution in [0.1, 0.15) is 58.4 Å². The molecule has 2 aromatic carbocycles. The summed E-state index contributed by atoms with van der Waals surface area (Å²) < 4.78 is 0. The first kappa shape index (κ1) is 20.8. The van der Waals surface area contributed by atoms with Gasteiger partial charge < -0.3 is 16.4 Å². The van der Waals surface area contributed by atoms with E-state index in [2.05, 4.69) is 10.6 Å². The van der Waals surface area contributed by atoms with Crippen LogP contribution in [-0.4, -0.2) is 17.9 Å². The fourth-order valence-corrected chi connectivity index (χ4v) is 3.34. The molecular weight excluding hydrogens is 362 g/mol. The molecule has 6 heteroatoms. The Hall–Kier alpha value is -2.53. The number of hydrogen-bond acceptors (Lipinski definition) is 3. The van der Waals surface area contributed by atoms with Gasteiger partial charge in [-0.2, -0.15) is 0 Å². The molecule has 0 saturated heterocycles. The van der Waals surface area contributed by atoms with Crippen LogP contribution in [0.2, 0.25) is 0 Å². The van der Waals surface area contributed by atoms with Gasteiger partial charge >= 0.3 is 0 Å². The quantitative estimate of drug-likeness (QED) is 0.683. The Morgan fingerprint density at radius 3 is 2.33 bits per heavy atom. The van der Waals surface area contributed by atoms with Crippen LogP contribution in [0.25, 0.3) is 0 Å². The zero-order valence-electron chi connectivity index (χ0n) is 15.5. The van der Waals surface area contributed by atoms with E-state index in [1.807, 2.05) is 13.0 Å². The Balaban J connectivity index is 0.00000261. The molecular formula is C21H26ClN3O2. The topological polar surface area (TPSA) is 84.2 Å². The number of nitrogen functional groups attached to an aromatic ring is 1. The minimum Gasteiger partial charge on any atom is -0.399 e. The van der Waals surface area contributed by atoms with Crippen molar-refractivity contribution >= 4 is 35.6 Å². The second-order valence-corrected chi connectivity index (χ2v) is 6.92. The Morgan fingerprint density at radius 2 is 1.67 bits per heavy atom. The third-order valence-electron chi connectivity index (χ3n) is 4.83. The van der Waals surface area contributed by atoms with E-state index < -0.39 is 0 Å². The molecule has 0 atom stereocenters. The Kier molecular flexibility index (Phi) is 7.25. The number of nitrogens with two attached hydrogens (primary N) is 1. The number of amides is 2. The summed E-state index contributed by atoms with van der Waals surface area (Å²) in [5, 5.41) is 5.99. The minimum absolute atomic E-state index is 0. The van der Waals surface area contributed by atoms with Gasteiger partial charge in [0.25, 0.3) is 11.8 Å². The molecule has 4 N–H and O–H groups in total. The Labute approximate surface area is 166 Å². The SMILES string of the molecule is Cc1cc(C(=O)NC2CCCCC2)ccc1NC(=O)c1cccc(N)c1.Cl. The van der Waals surface area contributed by atoms with Crippen LogP contribution in [0.5, 0.6) is 0 Å². The molecule has 3 rings (SSSR count). The molecule has 144 valence electrons. The lowest BCUT2D eigenvalue weighted by Crippen LogP contribution is -2.36. The number of carbonyl (C=O) groups excluding carboxylic acids is 2. The fraction of sp³-hybridized carbons (Fsp3) is 0.333. The lowest BCUT2D eigenvalue weighted by Gasteiger charge is -2.23. The van der Waals surface area contributed by atoms with Gasteiger partial charge in [-0.3, -0.25) is 9.59 Å². The van der Waals surface area contributed by atoms with Crippen molar-refractivity contribution in [1.82, 2.24) is 5.32 Å². The molecule has 0 spiro atoms. The smallest absolute Gasteiger partial charge is 0.255 e. The van der Waals surface area contributed by atoms with E-state index in [0.717, 1.165) is 18.4 Å². The van der Waals surface area contributed by atoms with E-state index in [1.54, 1.807) is 36.4 Å². The largest absolute Gasteiger partial charge is 0.399 e. The summed E-state index contributed by atoms with van der Waals surface area (Å²) in [6.45, 7) is 1.88. The van der Waals surface area contributed by atoms with E-state index in [4.69, 9.17) is 5.73 Å². The maximum absolute atomic E-state index is 12.4. The molecule has 2 aromatic rings. The van der Waals surface area contributed by atoms with Crippen molar-refractivity contribution in [2.24, 2.45) is 0 Å². The first-order valence-electron chi connectivity index (χ1n) is 9.11. The van der Waals surface area contributed by atoms with E-state index in [9.17, 15) is 9.59 Å². The van der Waals surface area contributed by atoms with Gasteiger partial charge in [0.2, 0.25) is 0 Å². The summed E-state index contributed by atoms with van der Waals surface area (Å²) >= 11 is 0. The fourth-order valence-electron chi connectivity index (χ4n) is 3.34. The number of hydrogen-bond donors (Lipinski definition) is 3. The minimum atomic E-state index is -0.222. The molecule has 1 aliphatic carbocycles. The van der Waals surface area contributed by atoms with Crippen molar-refractivity contribution in [3.8, 4) is 0 Å². The van der Waals surface area contributed by atoms with Crippen LogP contribution in [0.4, 0.5) is 11.4 Å². The zero-order chi connectivity index (χ0) is 18.5. The van der Waals surface area contributed by atoms with E-state index >= 15 is 0 Å². The summed E-state index contributed by atoms with van der Waals surface area (Å²) in [7, 11) is 0. The highest BCUT2D eigenvalue weighted by Crippen LogP contribution is 2.20. The summed E-state index contributed by atoms with van der Waals surface area (Å²) in [5.74, 6) is -0.270. The second kappa shape index (κ2) is 9.42. The maximum atomic E-state index is 12.4. The van der Waals surface area contributed by atoms with Crippen molar-refractivity contribution in [2.45, 2.75) is 45.1 Å². The van der Waals surface area contributed by atoms with E-state index in [0.29, 0.717) is 22.5 Å². The molecule has 0 bridgehead atoms. The molecule has 27 heavy (non-hydrogen) atoms. The summed E-state index contributed by atoms with van der Waals surface area (Å²) in [4.78, 5) is 24.8. The molecule has 0 aliphatic heterocycles. The molecule has 0 heterocycles. The lowest BCUT2D eigenvalue weighted by atomic mass is 9.95. The number of anilines is 2. The van der Waals surface area contributed by atoms with Gasteiger partial charge in [-0.05, 0) is 61.7 Å². The molecule has 1 saturated carbocycles. The number of carbonyl (C=O) groups is 2. The molecule has 1 aliphatic rings. The molecule has 0 aromatic heterocycles. The van der Waals surface area contributed by atoms with Gasteiger partial charge in [-0.1, -0.05) is 25.3 Å². The number of aryl methyl sites for hydroxylation is 1. The summed E-state index contributed by atoms with van der Waals surface area (Å²) in [5.41, 5.74) is 8.93. The number of benzene rings is 2. The molecule has 2 amide bonds. The van der Waals surface area contributed by atoms with Gasteiger partial charge in [0.05, 0.1) is 0 Å². The van der Waals surface area contributed by atoms with Gasteiger partial charge in [0, 0.05) is 28.5 Å². The van der Waals surface area contributed by atoms with Gasteiger partial charge in [-0.25, -0.2) is 0 Å². The van der Waals surface area contributed by atoms with Crippen LogP contribution < -0.4 is 16.4 Å². The normalized spacial score (nSPS) is 14.1. The first-order valence-corrected chi connectivity index (χ1v) is 9.11. The average Bonchev–Trinajstić information content (AvgIpc) is 2.64. The van der Waals surface area contributed by atoms with Gasteiger partial charge in [0.15, 0.2) is 0 Å². The monoisotopic (exact) mass is 387 g/mol. The Bertz CT molecular complexity index is 817. The molecule has 5 nitrogen and oxygen atoms in total. The van der Waals surface area contributed by atoms with Crippen molar-refractivity contribution in [2.75, 3.05) is 11.1 Å². The standard InChI is InChI=1S/C21H25N3O2.ClH/c1-14-12-16(20(25)23-18-8-3-2-4-9-18)10-11-19(14)24-21(26)15-6-5-7-17(22)13-15;/h5-7,10-13,18H,2-4,8-9,22H2,1H3,(H,23,25)(H,24,26);1H. The predicted molar refractivity (Wildman–Crippen MR) is 112 cm³/mol. The van der Waals surface area contributed by atoms with E-state index in [1.165, 1.54) is 19.3 Å². The predicted octanol–water partition coefficient (Wildman–Crippen LogP) is 4.31. The number of halogens is 1. The number of rotatable bonds is 4. The molecule has 0 radical (unpaired) electrons. The average molecular weight is 388 g/mol. The maximum Gasteiger partial charge on any atom is 0.255 e. The molecule has 1 fully saturated rings. The summed E-state index contributed by atoms with van der Waals surface area (Å²) in [6, 6.07) is 12.4. The highest BCUT2D eigenvalue weighted by atomic mass is 35.5. The molecule has 0 unspecified atom stereocenters. The highest BCUT2D eigenvalue weighted by molar-refractivity contribution is 6.05. The number of nitrogens with one attached hydrogen (secondary N) is 2. The lowest BCUT2D eigenvalue weighted by molar-refractivity contribution is 0.0927. The van der Waals surface area contributed by atoms with Crippen LogP contribution in [0.3, 0.4) is 0 Å². The van der Waals surface area contributed by atoms with Crippen molar-refractivity contribution in [1.29, 1.82) is 0 Å². The van der Waals surface area contributed by atoms with Crippen molar-refractivity contribution < 1.29 is 9.59 Å². The van der Waals surface area contributed by atoms with Crippen molar-refractivity contribution in [3.05, 3.63) is 59.2 Å². The highest BCUT2D eigenvalue weighted by Gasteiger charge is 2.17. The third kappa shape index (κ3) is 5.47. The van der Waals surface area contributed by atoms with Crippen LogP contribution in [-0.2, 0) is 0 Å². The van der Waals surface area contributed by atoms with Crippen LogP contribution in [0.15, 0.2) is 42.5 Å². The first-order chi connectivity index (χ1) is 12.5. The van der Waals surface area contributed by atoms with Gasteiger partial charge in [0.1, 0.15) is 0 Å². The zero-order valence-corrected chi connectivity index (χ0v) is 16.3. The summed E-state index contributed by atoms with van der Waals surface area (Å²) in [6.07, 6.45) is 5.73. The Morgan fingerprint density at radius 1 is 0.963 bits per heavy atom. The second-order valence-electron chi connectivity index (χ2n) is 6.92. The van der Waals surface area contributed by atoms with Gasteiger partial charge in [-0.15, -0.1) is 12.4 Å².